The highest BCUT2D eigenvalue weighted by Gasteiger charge is 2.19. The van der Waals surface area contributed by atoms with Gasteiger partial charge in [0.2, 0.25) is 0 Å². The van der Waals surface area contributed by atoms with Gasteiger partial charge in [0.1, 0.15) is 0 Å². The van der Waals surface area contributed by atoms with E-state index in [1.807, 2.05) is 0 Å². The molecular weight excluding hydrogens is 316 g/mol. The number of nitrogen functional groups attached to an aromatic ring is 1. The van der Waals surface area contributed by atoms with Gasteiger partial charge in [-0.05, 0) is 61.8 Å². The first-order chi connectivity index (χ1) is 12.5. The molecule has 0 amide bonds. The average Bonchev–Trinajstić information content (AvgIpc) is 2.63. The zero-order chi connectivity index (χ0) is 19.5. The predicted molar refractivity (Wildman–Crippen MR) is 119 cm³/mol. The number of unbranched alkanes of at least 4 members (excludes halogenated alkanes) is 2. The number of benzene rings is 1. The fraction of sp³-hybridized carbons (Fsp3) is 0.750. The fourth-order valence-electron chi connectivity index (χ4n) is 3.89. The summed E-state index contributed by atoms with van der Waals surface area (Å²) in [6.07, 6.45) is 10.5. The number of aryl methyl sites for hydroxylation is 2. The highest BCUT2D eigenvalue weighted by atomic mass is 15.1. The van der Waals surface area contributed by atoms with Gasteiger partial charge in [-0.1, -0.05) is 66.2 Å². The van der Waals surface area contributed by atoms with Crippen molar-refractivity contribution in [2.75, 3.05) is 23.7 Å². The van der Waals surface area contributed by atoms with Crippen LogP contribution in [-0.4, -0.2) is 13.1 Å². The van der Waals surface area contributed by atoms with Gasteiger partial charge in [-0.25, -0.2) is 0 Å². The van der Waals surface area contributed by atoms with E-state index in [0.717, 1.165) is 17.5 Å². The van der Waals surface area contributed by atoms with Gasteiger partial charge in [-0.3, -0.25) is 0 Å². The maximum Gasteiger partial charge on any atom is 0.0400 e. The van der Waals surface area contributed by atoms with Crippen molar-refractivity contribution in [2.24, 2.45) is 11.8 Å². The second kappa shape index (κ2) is 12.3. The van der Waals surface area contributed by atoms with E-state index in [2.05, 4.69) is 58.6 Å². The highest BCUT2D eigenvalue weighted by molar-refractivity contribution is 5.63. The van der Waals surface area contributed by atoms with Crippen LogP contribution in [0, 0.1) is 25.7 Å². The van der Waals surface area contributed by atoms with Gasteiger partial charge < -0.3 is 10.6 Å². The van der Waals surface area contributed by atoms with Crippen LogP contribution in [0.4, 0.5) is 11.4 Å². The summed E-state index contributed by atoms with van der Waals surface area (Å²) in [7, 11) is 0. The quantitative estimate of drug-likeness (QED) is 0.379. The zero-order valence-electron chi connectivity index (χ0n) is 18.4. The van der Waals surface area contributed by atoms with Gasteiger partial charge in [-0.2, -0.15) is 0 Å². The molecule has 0 aliphatic rings. The Morgan fingerprint density at radius 2 is 1.31 bits per heavy atom. The molecule has 0 aromatic heterocycles. The van der Waals surface area contributed by atoms with Crippen molar-refractivity contribution in [3.63, 3.8) is 0 Å². The maximum absolute atomic E-state index is 6.16. The Morgan fingerprint density at radius 1 is 0.808 bits per heavy atom. The van der Waals surface area contributed by atoms with Crippen LogP contribution in [0.5, 0.6) is 0 Å². The normalized spacial score (nSPS) is 13.6. The lowest BCUT2D eigenvalue weighted by molar-refractivity contribution is 0.403. The first-order valence-corrected chi connectivity index (χ1v) is 11.1. The Morgan fingerprint density at radius 3 is 1.73 bits per heavy atom. The van der Waals surface area contributed by atoms with Crippen molar-refractivity contribution in [3.8, 4) is 0 Å². The number of hydrogen-bond acceptors (Lipinski definition) is 2. The van der Waals surface area contributed by atoms with E-state index in [4.69, 9.17) is 5.73 Å². The molecule has 1 rings (SSSR count). The van der Waals surface area contributed by atoms with Crippen molar-refractivity contribution in [1.29, 1.82) is 0 Å². The molecule has 0 spiro atoms. The minimum absolute atomic E-state index is 0.788. The summed E-state index contributed by atoms with van der Waals surface area (Å²) in [5.74, 6) is 1.58. The largest absolute Gasteiger partial charge is 0.399 e. The van der Waals surface area contributed by atoms with E-state index >= 15 is 0 Å². The second-order valence-electron chi connectivity index (χ2n) is 8.23. The topological polar surface area (TPSA) is 29.3 Å². The SMILES string of the molecule is CCCCC(CC)CN(CC(CC)CCCC)c1cc(C)c(N)cc1C. The van der Waals surface area contributed by atoms with Gasteiger partial charge >= 0.3 is 0 Å². The van der Waals surface area contributed by atoms with Crippen molar-refractivity contribution >= 4 is 11.4 Å². The molecule has 0 saturated carbocycles. The summed E-state index contributed by atoms with van der Waals surface area (Å²) in [5, 5.41) is 0. The molecule has 1 aromatic carbocycles. The van der Waals surface area contributed by atoms with Crippen molar-refractivity contribution in [3.05, 3.63) is 23.3 Å². The van der Waals surface area contributed by atoms with Crippen LogP contribution < -0.4 is 10.6 Å². The fourth-order valence-corrected chi connectivity index (χ4v) is 3.89. The standard InChI is InChI=1S/C24H44N2/c1-7-11-13-21(9-3)17-26(18-22(10-4)14-12-8-2)24-16-19(5)23(25)15-20(24)6/h15-16,21-22H,7-14,17-18,25H2,1-6H3. The van der Waals surface area contributed by atoms with Crippen LogP contribution in [0.1, 0.15) is 90.2 Å². The summed E-state index contributed by atoms with van der Waals surface area (Å²) >= 11 is 0. The Hall–Kier alpha value is -1.18. The molecule has 150 valence electrons. The smallest absolute Gasteiger partial charge is 0.0400 e. The maximum atomic E-state index is 6.16. The molecule has 0 aliphatic heterocycles. The molecule has 2 N–H and O–H groups in total. The molecule has 0 aliphatic carbocycles. The first kappa shape index (κ1) is 22.9. The molecule has 0 radical (unpaired) electrons. The van der Waals surface area contributed by atoms with E-state index in [1.54, 1.807) is 0 Å². The zero-order valence-corrected chi connectivity index (χ0v) is 18.4. The van der Waals surface area contributed by atoms with E-state index < -0.39 is 0 Å². The second-order valence-corrected chi connectivity index (χ2v) is 8.23. The lowest BCUT2D eigenvalue weighted by Gasteiger charge is -2.34. The number of nitrogens with zero attached hydrogens (tertiary/aromatic N) is 1. The summed E-state index contributed by atoms with van der Waals surface area (Å²) in [6, 6.07) is 4.49. The Labute approximate surface area is 163 Å². The number of anilines is 2. The third-order valence-electron chi connectivity index (χ3n) is 5.97. The Bertz CT molecular complexity index is 491. The molecule has 0 heterocycles. The van der Waals surface area contributed by atoms with Gasteiger partial charge in [0.05, 0.1) is 0 Å². The summed E-state index contributed by atoms with van der Waals surface area (Å²) in [4.78, 5) is 2.69. The van der Waals surface area contributed by atoms with Crippen LogP contribution in [-0.2, 0) is 0 Å². The number of nitrogens with two attached hydrogens (primary N) is 1. The molecule has 1 aromatic rings. The number of rotatable bonds is 13. The summed E-state index contributed by atoms with van der Waals surface area (Å²) in [5.41, 5.74) is 11.0. The molecule has 2 unspecified atom stereocenters. The van der Waals surface area contributed by atoms with Crippen LogP contribution in [0.2, 0.25) is 0 Å². The molecule has 2 heteroatoms. The summed E-state index contributed by atoms with van der Waals surface area (Å²) in [6.45, 7) is 16.0. The van der Waals surface area contributed by atoms with Crippen LogP contribution in [0.3, 0.4) is 0 Å². The third kappa shape index (κ3) is 7.21. The van der Waals surface area contributed by atoms with Crippen LogP contribution in [0.25, 0.3) is 0 Å². The lowest BCUT2D eigenvalue weighted by atomic mass is 9.94. The molecule has 0 fully saturated rings. The van der Waals surface area contributed by atoms with Crippen LogP contribution >= 0.6 is 0 Å². The average molecular weight is 361 g/mol. The Balaban J connectivity index is 3.05. The Kier molecular flexibility index (Phi) is 10.8. The van der Waals surface area contributed by atoms with E-state index in [-0.39, 0.29) is 0 Å². The minimum atomic E-state index is 0.788. The van der Waals surface area contributed by atoms with Crippen molar-refractivity contribution in [1.82, 2.24) is 0 Å². The molecular formula is C24H44N2. The monoisotopic (exact) mass is 360 g/mol. The first-order valence-electron chi connectivity index (χ1n) is 11.1. The summed E-state index contributed by atoms with van der Waals surface area (Å²) < 4.78 is 0. The third-order valence-corrected chi connectivity index (χ3v) is 5.97. The molecule has 2 nitrogen and oxygen atoms in total. The van der Waals surface area contributed by atoms with Gasteiger partial charge in [0.15, 0.2) is 0 Å². The van der Waals surface area contributed by atoms with Crippen molar-refractivity contribution < 1.29 is 0 Å². The molecule has 26 heavy (non-hydrogen) atoms. The lowest BCUT2D eigenvalue weighted by Crippen LogP contribution is -2.34. The van der Waals surface area contributed by atoms with E-state index in [1.165, 1.54) is 81.3 Å². The van der Waals surface area contributed by atoms with Gasteiger partial charge in [0, 0.05) is 24.5 Å². The molecule has 0 saturated heterocycles. The molecule has 2 atom stereocenters. The number of hydrogen-bond donors (Lipinski definition) is 1. The van der Waals surface area contributed by atoms with Gasteiger partial charge in [-0.15, -0.1) is 0 Å². The van der Waals surface area contributed by atoms with Gasteiger partial charge in [0.25, 0.3) is 0 Å². The molecule has 0 bridgehead atoms. The van der Waals surface area contributed by atoms with Crippen LogP contribution in [0.15, 0.2) is 12.1 Å². The highest BCUT2D eigenvalue weighted by Crippen LogP contribution is 2.29. The minimum Gasteiger partial charge on any atom is -0.399 e. The van der Waals surface area contributed by atoms with E-state index in [0.29, 0.717) is 0 Å². The predicted octanol–water partition coefficient (Wildman–Crippen LogP) is 7.12. The van der Waals surface area contributed by atoms with Crippen molar-refractivity contribution in [2.45, 2.75) is 92.9 Å². The van der Waals surface area contributed by atoms with E-state index in [9.17, 15) is 0 Å².